The van der Waals surface area contributed by atoms with Crippen LogP contribution in [0.5, 0.6) is 5.75 Å². The molecule has 1 aromatic carbocycles. The van der Waals surface area contributed by atoms with Gasteiger partial charge in [0.05, 0.1) is 24.8 Å². The summed E-state index contributed by atoms with van der Waals surface area (Å²) in [7, 11) is 0. The van der Waals surface area contributed by atoms with Crippen LogP contribution in [-0.2, 0) is 4.79 Å². The van der Waals surface area contributed by atoms with Gasteiger partial charge in [-0.1, -0.05) is 24.3 Å². The third-order valence-corrected chi connectivity index (χ3v) is 4.10. The van der Waals surface area contributed by atoms with Crippen LogP contribution >= 0.6 is 0 Å². The van der Waals surface area contributed by atoms with Gasteiger partial charge in [-0.2, -0.15) is 0 Å². The lowest BCUT2D eigenvalue weighted by atomic mass is 10.0. The van der Waals surface area contributed by atoms with Gasteiger partial charge in [0.1, 0.15) is 5.75 Å². The van der Waals surface area contributed by atoms with Crippen molar-refractivity contribution in [1.82, 2.24) is 10.3 Å². The Morgan fingerprint density at radius 2 is 2.04 bits per heavy atom. The van der Waals surface area contributed by atoms with Gasteiger partial charge in [-0.05, 0) is 49.4 Å². The predicted octanol–water partition coefficient (Wildman–Crippen LogP) is 3.43. The maximum absolute atomic E-state index is 12.2. The van der Waals surface area contributed by atoms with Crippen LogP contribution in [-0.4, -0.2) is 17.5 Å². The summed E-state index contributed by atoms with van der Waals surface area (Å²) in [5, 5.41) is 3.14. The summed E-state index contributed by atoms with van der Waals surface area (Å²) >= 11 is 0. The Kier molecular flexibility index (Phi) is 4.91. The molecule has 3 rings (SSSR count). The van der Waals surface area contributed by atoms with Crippen molar-refractivity contribution < 1.29 is 9.53 Å². The SMILES string of the molecule is Cc1cccnc1[C@H](NC(=O)CCOc1ccccc1)C1CC1. The van der Waals surface area contributed by atoms with Gasteiger partial charge in [0.15, 0.2) is 0 Å². The van der Waals surface area contributed by atoms with E-state index in [1.54, 1.807) is 6.20 Å². The Balaban J connectivity index is 1.54. The number of hydrogen-bond acceptors (Lipinski definition) is 3. The fourth-order valence-corrected chi connectivity index (χ4v) is 2.69. The van der Waals surface area contributed by atoms with Crippen molar-refractivity contribution in [2.75, 3.05) is 6.61 Å². The third-order valence-electron chi connectivity index (χ3n) is 4.10. The first-order valence-electron chi connectivity index (χ1n) is 8.13. The normalized spacial score (nSPS) is 15.0. The van der Waals surface area contributed by atoms with E-state index >= 15 is 0 Å². The number of amides is 1. The van der Waals surface area contributed by atoms with Gasteiger partial charge in [-0.25, -0.2) is 0 Å². The molecule has 4 heteroatoms. The first-order chi connectivity index (χ1) is 11.2. The van der Waals surface area contributed by atoms with E-state index in [-0.39, 0.29) is 11.9 Å². The monoisotopic (exact) mass is 310 g/mol. The lowest BCUT2D eigenvalue weighted by Crippen LogP contribution is -2.31. The van der Waals surface area contributed by atoms with Gasteiger partial charge in [0.2, 0.25) is 5.91 Å². The standard InChI is InChI=1S/C19H22N2O2/c1-14-6-5-12-20-18(14)19(15-9-10-15)21-17(22)11-13-23-16-7-3-2-4-8-16/h2-8,12,15,19H,9-11,13H2,1H3,(H,21,22)/t19-/m1/s1. The zero-order valence-corrected chi connectivity index (χ0v) is 13.4. The van der Waals surface area contributed by atoms with Crippen LogP contribution in [0.15, 0.2) is 48.7 Å². The average molecular weight is 310 g/mol. The maximum Gasteiger partial charge on any atom is 0.223 e. The fourth-order valence-electron chi connectivity index (χ4n) is 2.69. The summed E-state index contributed by atoms with van der Waals surface area (Å²) in [4.78, 5) is 16.7. The highest BCUT2D eigenvalue weighted by Gasteiger charge is 2.34. The van der Waals surface area contributed by atoms with E-state index in [0.29, 0.717) is 18.9 Å². The summed E-state index contributed by atoms with van der Waals surface area (Å²) in [5.74, 6) is 1.32. The number of aryl methyl sites for hydroxylation is 1. The molecule has 0 radical (unpaired) electrons. The first kappa shape index (κ1) is 15.5. The van der Waals surface area contributed by atoms with Crippen molar-refractivity contribution in [3.63, 3.8) is 0 Å². The van der Waals surface area contributed by atoms with E-state index in [2.05, 4.69) is 10.3 Å². The number of aromatic nitrogens is 1. The Morgan fingerprint density at radius 3 is 2.74 bits per heavy atom. The first-order valence-corrected chi connectivity index (χ1v) is 8.13. The van der Waals surface area contributed by atoms with Crippen molar-refractivity contribution in [3.05, 3.63) is 59.9 Å². The molecule has 0 spiro atoms. The van der Waals surface area contributed by atoms with Gasteiger partial charge in [-0.3, -0.25) is 9.78 Å². The molecule has 2 aromatic rings. The lowest BCUT2D eigenvalue weighted by Gasteiger charge is -2.19. The predicted molar refractivity (Wildman–Crippen MR) is 89.1 cm³/mol. The number of para-hydroxylation sites is 1. The molecule has 120 valence electrons. The number of hydrogen-bond donors (Lipinski definition) is 1. The maximum atomic E-state index is 12.2. The summed E-state index contributed by atoms with van der Waals surface area (Å²) in [6.07, 6.45) is 4.45. The summed E-state index contributed by atoms with van der Waals surface area (Å²) in [6.45, 7) is 2.43. The highest BCUT2D eigenvalue weighted by atomic mass is 16.5. The number of nitrogens with one attached hydrogen (secondary N) is 1. The molecule has 1 fully saturated rings. The van der Waals surface area contributed by atoms with E-state index in [1.165, 1.54) is 0 Å². The van der Waals surface area contributed by atoms with Gasteiger partial charge in [0, 0.05) is 6.20 Å². The number of pyridine rings is 1. The van der Waals surface area contributed by atoms with E-state index in [0.717, 1.165) is 29.8 Å². The molecular weight excluding hydrogens is 288 g/mol. The number of carbonyl (C=O) groups excluding carboxylic acids is 1. The van der Waals surface area contributed by atoms with Crippen molar-refractivity contribution in [1.29, 1.82) is 0 Å². The van der Waals surface area contributed by atoms with Gasteiger partial charge in [-0.15, -0.1) is 0 Å². The molecule has 1 heterocycles. The fraction of sp³-hybridized carbons (Fsp3) is 0.368. The molecule has 0 unspecified atom stereocenters. The Hall–Kier alpha value is -2.36. The summed E-state index contributed by atoms with van der Waals surface area (Å²) in [5.41, 5.74) is 2.12. The van der Waals surface area contributed by atoms with Crippen LogP contribution in [0.3, 0.4) is 0 Å². The Bertz CT molecular complexity index is 653. The van der Waals surface area contributed by atoms with Crippen LogP contribution in [0.1, 0.15) is 36.6 Å². The minimum atomic E-state index is 0.0166. The quantitative estimate of drug-likeness (QED) is 0.852. The highest BCUT2D eigenvalue weighted by Crippen LogP contribution is 2.41. The van der Waals surface area contributed by atoms with Crippen LogP contribution in [0.2, 0.25) is 0 Å². The van der Waals surface area contributed by atoms with Crippen LogP contribution in [0.25, 0.3) is 0 Å². The number of benzene rings is 1. The molecule has 1 aliphatic carbocycles. The summed E-state index contributed by atoms with van der Waals surface area (Å²) < 4.78 is 5.59. The van der Waals surface area contributed by atoms with Gasteiger partial charge < -0.3 is 10.1 Å². The second kappa shape index (κ2) is 7.27. The lowest BCUT2D eigenvalue weighted by molar-refractivity contribution is -0.122. The summed E-state index contributed by atoms with van der Waals surface area (Å²) in [6, 6.07) is 13.6. The molecule has 0 saturated heterocycles. The smallest absolute Gasteiger partial charge is 0.223 e. The zero-order chi connectivity index (χ0) is 16.1. The van der Waals surface area contributed by atoms with Crippen molar-refractivity contribution >= 4 is 5.91 Å². The molecule has 1 saturated carbocycles. The Labute approximate surface area is 136 Å². The number of nitrogens with zero attached hydrogens (tertiary/aromatic N) is 1. The number of rotatable bonds is 7. The molecule has 0 bridgehead atoms. The molecule has 1 N–H and O–H groups in total. The molecule has 1 aliphatic rings. The highest BCUT2D eigenvalue weighted by molar-refractivity contribution is 5.76. The van der Waals surface area contributed by atoms with Crippen molar-refractivity contribution in [2.45, 2.75) is 32.2 Å². The number of carbonyl (C=O) groups is 1. The van der Waals surface area contributed by atoms with Crippen LogP contribution in [0.4, 0.5) is 0 Å². The second-order valence-electron chi connectivity index (χ2n) is 6.00. The van der Waals surface area contributed by atoms with Crippen LogP contribution < -0.4 is 10.1 Å². The molecule has 1 aromatic heterocycles. The molecule has 1 amide bonds. The molecule has 23 heavy (non-hydrogen) atoms. The molecule has 4 nitrogen and oxygen atoms in total. The molecular formula is C19H22N2O2. The zero-order valence-electron chi connectivity index (χ0n) is 13.4. The van der Waals surface area contributed by atoms with E-state index in [4.69, 9.17) is 4.74 Å². The minimum absolute atomic E-state index is 0.0166. The van der Waals surface area contributed by atoms with E-state index < -0.39 is 0 Å². The van der Waals surface area contributed by atoms with Crippen molar-refractivity contribution in [3.8, 4) is 5.75 Å². The molecule has 0 aliphatic heterocycles. The number of ether oxygens (including phenoxy) is 1. The van der Waals surface area contributed by atoms with Gasteiger partial charge >= 0.3 is 0 Å². The third kappa shape index (κ3) is 4.31. The second-order valence-corrected chi connectivity index (χ2v) is 6.00. The van der Waals surface area contributed by atoms with E-state index in [9.17, 15) is 4.79 Å². The minimum Gasteiger partial charge on any atom is -0.493 e. The Morgan fingerprint density at radius 1 is 1.26 bits per heavy atom. The van der Waals surface area contributed by atoms with Crippen LogP contribution in [0, 0.1) is 12.8 Å². The molecule has 1 atom stereocenters. The van der Waals surface area contributed by atoms with E-state index in [1.807, 2.05) is 49.4 Å². The van der Waals surface area contributed by atoms with Gasteiger partial charge in [0.25, 0.3) is 0 Å². The average Bonchev–Trinajstić information content (AvgIpc) is 3.39. The largest absolute Gasteiger partial charge is 0.493 e. The van der Waals surface area contributed by atoms with Crippen molar-refractivity contribution in [2.24, 2.45) is 5.92 Å². The topological polar surface area (TPSA) is 51.2 Å².